The number of rotatable bonds is 4. The highest BCUT2D eigenvalue weighted by atomic mass is 16.6. The Kier molecular flexibility index (Phi) is 5.01. The van der Waals surface area contributed by atoms with Gasteiger partial charge in [0.25, 0.3) is 5.69 Å². The third-order valence-corrected chi connectivity index (χ3v) is 5.44. The third-order valence-electron chi connectivity index (χ3n) is 5.44. The zero-order chi connectivity index (χ0) is 19.7. The Balaban J connectivity index is 1.73. The highest BCUT2D eigenvalue weighted by molar-refractivity contribution is 5.38. The van der Waals surface area contributed by atoms with Crippen molar-refractivity contribution in [2.45, 2.75) is 39.4 Å². The van der Waals surface area contributed by atoms with Crippen LogP contribution < -0.4 is 0 Å². The van der Waals surface area contributed by atoms with Crippen molar-refractivity contribution in [1.29, 1.82) is 0 Å². The van der Waals surface area contributed by atoms with E-state index in [1.54, 1.807) is 12.1 Å². The predicted molar refractivity (Wildman–Crippen MR) is 110 cm³/mol. The molecule has 0 aliphatic carbocycles. The second-order valence-corrected chi connectivity index (χ2v) is 7.70. The van der Waals surface area contributed by atoms with Crippen molar-refractivity contribution in [3.63, 3.8) is 0 Å². The Labute approximate surface area is 165 Å². The van der Waals surface area contributed by atoms with Crippen molar-refractivity contribution in [3.8, 4) is 0 Å². The maximum absolute atomic E-state index is 11.1. The fourth-order valence-electron chi connectivity index (χ4n) is 4.36. The standard InChI is InChI=1S/C23H25N3O2/c1-17-13-18(2)15-19(14-17)16-25-12-4-11-24-10-3-5-22(24)23(25)20-6-8-21(9-7-20)26(27)28/h3,5-10,13-15,23H,4,11-12,16H2,1-2H3/t23-/m0/s1. The van der Waals surface area contributed by atoms with Gasteiger partial charge in [0, 0.05) is 43.7 Å². The van der Waals surface area contributed by atoms with Crippen molar-refractivity contribution in [2.75, 3.05) is 6.54 Å². The summed E-state index contributed by atoms with van der Waals surface area (Å²) in [4.78, 5) is 13.2. The molecule has 0 radical (unpaired) electrons. The molecule has 4 rings (SSSR count). The molecule has 3 aromatic rings. The molecule has 0 saturated carbocycles. The lowest BCUT2D eigenvalue weighted by molar-refractivity contribution is -0.384. The molecule has 144 valence electrons. The Morgan fingerprint density at radius 1 is 1.04 bits per heavy atom. The van der Waals surface area contributed by atoms with E-state index in [4.69, 9.17) is 0 Å². The summed E-state index contributed by atoms with van der Waals surface area (Å²) in [6.45, 7) is 7.11. The van der Waals surface area contributed by atoms with E-state index < -0.39 is 0 Å². The van der Waals surface area contributed by atoms with Gasteiger partial charge in [0.1, 0.15) is 0 Å². The van der Waals surface area contributed by atoms with Crippen LogP contribution in [0.3, 0.4) is 0 Å². The van der Waals surface area contributed by atoms with E-state index in [0.717, 1.165) is 31.6 Å². The topological polar surface area (TPSA) is 51.3 Å². The largest absolute Gasteiger partial charge is 0.350 e. The molecule has 5 nitrogen and oxygen atoms in total. The van der Waals surface area contributed by atoms with Gasteiger partial charge in [-0.2, -0.15) is 0 Å². The molecular formula is C23H25N3O2. The molecule has 0 N–H and O–H groups in total. The van der Waals surface area contributed by atoms with Crippen LogP contribution in [0.5, 0.6) is 0 Å². The number of nitro benzene ring substituents is 1. The summed E-state index contributed by atoms with van der Waals surface area (Å²) in [5.74, 6) is 0. The highest BCUT2D eigenvalue weighted by Crippen LogP contribution is 2.34. The quantitative estimate of drug-likeness (QED) is 0.476. The fraction of sp³-hybridized carbons (Fsp3) is 0.304. The smallest absolute Gasteiger partial charge is 0.269 e. The molecule has 0 fully saturated rings. The Bertz CT molecular complexity index is 971. The van der Waals surface area contributed by atoms with Crippen molar-refractivity contribution >= 4 is 5.69 Å². The number of fused-ring (bicyclic) bond motifs is 1. The maximum atomic E-state index is 11.1. The first-order valence-electron chi connectivity index (χ1n) is 9.72. The van der Waals surface area contributed by atoms with Gasteiger partial charge in [-0.25, -0.2) is 0 Å². The van der Waals surface area contributed by atoms with Crippen LogP contribution in [0, 0.1) is 24.0 Å². The number of hydrogen-bond acceptors (Lipinski definition) is 3. The minimum Gasteiger partial charge on any atom is -0.350 e. The van der Waals surface area contributed by atoms with Gasteiger partial charge >= 0.3 is 0 Å². The van der Waals surface area contributed by atoms with E-state index in [1.165, 1.54) is 22.4 Å². The van der Waals surface area contributed by atoms with E-state index in [2.05, 4.69) is 59.8 Å². The van der Waals surface area contributed by atoms with Gasteiger partial charge in [0.2, 0.25) is 0 Å². The van der Waals surface area contributed by atoms with Crippen molar-refractivity contribution in [2.24, 2.45) is 0 Å². The van der Waals surface area contributed by atoms with Crippen molar-refractivity contribution in [3.05, 3.63) is 98.9 Å². The molecule has 0 amide bonds. The normalized spacial score (nSPS) is 17.1. The minimum absolute atomic E-state index is 0.0825. The average Bonchev–Trinajstić information content (AvgIpc) is 3.03. The van der Waals surface area contributed by atoms with Crippen LogP contribution in [-0.4, -0.2) is 20.9 Å². The van der Waals surface area contributed by atoms with Gasteiger partial charge in [-0.3, -0.25) is 15.0 Å². The summed E-state index contributed by atoms with van der Waals surface area (Å²) < 4.78 is 2.31. The minimum atomic E-state index is -0.340. The molecular weight excluding hydrogens is 350 g/mol. The Morgan fingerprint density at radius 3 is 2.43 bits per heavy atom. The highest BCUT2D eigenvalue weighted by Gasteiger charge is 2.27. The summed E-state index contributed by atoms with van der Waals surface area (Å²) >= 11 is 0. The van der Waals surface area contributed by atoms with Gasteiger partial charge in [0.05, 0.1) is 11.0 Å². The summed E-state index contributed by atoms with van der Waals surface area (Å²) in [7, 11) is 0. The first-order valence-corrected chi connectivity index (χ1v) is 9.72. The van der Waals surface area contributed by atoms with Crippen LogP contribution in [0.15, 0.2) is 60.8 Å². The van der Waals surface area contributed by atoms with Gasteiger partial charge in [-0.15, -0.1) is 0 Å². The van der Waals surface area contributed by atoms with Crippen LogP contribution in [0.1, 0.15) is 40.4 Å². The van der Waals surface area contributed by atoms with Crippen molar-refractivity contribution < 1.29 is 4.92 Å². The predicted octanol–water partition coefficient (Wildman–Crippen LogP) is 5.01. The monoisotopic (exact) mass is 375 g/mol. The Hall–Kier alpha value is -2.92. The van der Waals surface area contributed by atoms with E-state index >= 15 is 0 Å². The summed E-state index contributed by atoms with van der Waals surface area (Å²) in [5, 5.41) is 11.1. The third kappa shape index (κ3) is 3.71. The number of hydrogen-bond donors (Lipinski definition) is 0. The molecule has 2 heterocycles. The number of benzene rings is 2. The molecule has 2 aromatic carbocycles. The number of nitrogens with zero attached hydrogens (tertiary/aromatic N) is 3. The van der Waals surface area contributed by atoms with E-state index in [-0.39, 0.29) is 16.7 Å². The Morgan fingerprint density at radius 2 is 1.75 bits per heavy atom. The lowest BCUT2D eigenvalue weighted by Crippen LogP contribution is -2.29. The molecule has 0 spiro atoms. The molecule has 28 heavy (non-hydrogen) atoms. The van der Waals surface area contributed by atoms with Crippen molar-refractivity contribution in [1.82, 2.24) is 9.47 Å². The molecule has 1 aliphatic heterocycles. The van der Waals surface area contributed by atoms with E-state index in [9.17, 15) is 10.1 Å². The summed E-state index contributed by atoms with van der Waals surface area (Å²) in [6.07, 6.45) is 3.21. The molecule has 0 unspecified atom stereocenters. The van der Waals surface area contributed by atoms with Gasteiger partial charge in [0.15, 0.2) is 0 Å². The average molecular weight is 375 g/mol. The molecule has 0 bridgehead atoms. The van der Waals surface area contributed by atoms with Crippen LogP contribution in [0.25, 0.3) is 0 Å². The van der Waals surface area contributed by atoms with Crippen LogP contribution in [0.2, 0.25) is 0 Å². The van der Waals surface area contributed by atoms with Crippen LogP contribution >= 0.6 is 0 Å². The van der Waals surface area contributed by atoms with Gasteiger partial charge in [-0.05, 0) is 43.5 Å². The van der Waals surface area contributed by atoms with E-state index in [1.807, 2.05) is 12.1 Å². The summed E-state index contributed by atoms with van der Waals surface area (Å²) in [6, 6.07) is 18.1. The van der Waals surface area contributed by atoms with Crippen LogP contribution in [0.4, 0.5) is 5.69 Å². The lowest BCUT2D eigenvalue weighted by atomic mass is 10.00. The first-order chi connectivity index (χ1) is 13.5. The molecule has 1 aromatic heterocycles. The second kappa shape index (κ2) is 7.60. The molecule has 0 saturated heterocycles. The zero-order valence-electron chi connectivity index (χ0n) is 16.3. The maximum Gasteiger partial charge on any atom is 0.269 e. The van der Waals surface area contributed by atoms with Crippen LogP contribution in [-0.2, 0) is 13.1 Å². The molecule has 1 atom stereocenters. The number of non-ortho nitro benzene ring substituents is 1. The fourth-order valence-corrected chi connectivity index (χ4v) is 4.36. The number of aromatic nitrogens is 1. The number of nitro groups is 1. The second-order valence-electron chi connectivity index (χ2n) is 7.70. The lowest BCUT2D eigenvalue weighted by Gasteiger charge is -2.31. The SMILES string of the molecule is Cc1cc(C)cc(CN2CCCn3cccc3[C@@H]2c2ccc([N+](=O)[O-])cc2)c1. The molecule has 5 heteroatoms. The van der Waals surface area contributed by atoms with Gasteiger partial charge in [-0.1, -0.05) is 41.5 Å². The molecule has 1 aliphatic rings. The first kappa shape index (κ1) is 18.4. The zero-order valence-corrected chi connectivity index (χ0v) is 16.3. The van der Waals surface area contributed by atoms with Gasteiger partial charge < -0.3 is 4.57 Å². The number of aryl methyl sites for hydroxylation is 3. The van der Waals surface area contributed by atoms with E-state index in [0.29, 0.717) is 0 Å². The summed E-state index contributed by atoms with van der Waals surface area (Å²) in [5.41, 5.74) is 6.34.